The second kappa shape index (κ2) is 6.81. The van der Waals surface area contributed by atoms with Crippen molar-refractivity contribution in [3.63, 3.8) is 0 Å². The second-order valence-corrected chi connectivity index (χ2v) is 5.92. The van der Waals surface area contributed by atoms with Crippen LogP contribution in [0.25, 0.3) is 0 Å². The van der Waals surface area contributed by atoms with Gasteiger partial charge >= 0.3 is 0 Å². The third-order valence-electron chi connectivity index (χ3n) is 3.09. The molecule has 0 aromatic heterocycles. The molecule has 0 amide bonds. The zero-order valence-electron chi connectivity index (χ0n) is 11.1. The molecule has 0 aliphatic rings. The third kappa shape index (κ3) is 3.12. The first-order valence-corrected chi connectivity index (χ1v) is 7.58. The number of nitrogens with one attached hydrogen (secondary N) is 1. The Morgan fingerprint density at radius 2 is 1.80 bits per heavy atom. The summed E-state index contributed by atoms with van der Waals surface area (Å²) in [6, 6.07) is 11.3. The number of benzene rings is 2. The average molecular weight is 375 g/mol. The van der Waals surface area contributed by atoms with Crippen LogP contribution in [0.15, 0.2) is 40.9 Å². The Morgan fingerprint density at radius 1 is 1.15 bits per heavy atom. The molecule has 0 saturated heterocycles. The van der Waals surface area contributed by atoms with E-state index in [4.69, 9.17) is 27.9 Å². The molecule has 0 radical (unpaired) electrons. The van der Waals surface area contributed by atoms with E-state index in [0.29, 0.717) is 10.0 Å². The highest BCUT2D eigenvalue weighted by atomic mass is 79.9. The van der Waals surface area contributed by atoms with Crippen LogP contribution < -0.4 is 10.1 Å². The molecule has 0 aliphatic carbocycles. The maximum absolute atomic E-state index is 6.29. The number of hydrogen-bond donors (Lipinski definition) is 1. The lowest BCUT2D eigenvalue weighted by molar-refractivity contribution is 0.412. The summed E-state index contributed by atoms with van der Waals surface area (Å²) in [6.07, 6.45) is 0. The number of rotatable bonds is 4. The Morgan fingerprint density at radius 3 is 2.30 bits per heavy atom. The van der Waals surface area contributed by atoms with Gasteiger partial charge in [-0.25, -0.2) is 0 Å². The van der Waals surface area contributed by atoms with Gasteiger partial charge in [-0.3, -0.25) is 0 Å². The first kappa shape index (κ1) is 15.6. The monoisotopic (exact) mass is 373 g/mol. The lowest BCUT2D eigenvalue weighted by Gasteiger charge is -2.20. The highest BCUT2D eigenvalue weighted by molar-refractivity contribution is 9.10. The van der Waals surface area contributed by atoms with Gasteiger partial charge < -0.3 is 10.1 Å². The molecule has 5 heteroatoms. The Bertz CT molecular complexity index is 599. The van der Waals surface area contributed by atoms with Crippen LogP contribution in [0.2, 0.25) is 10.0 Å². The third-order valence-corrected chi connectivity index (χ3v) is 4.37. The summed E-state index contributed by atoms with van der Waals surface area (Å²) in [4.78, 5) is 0. The van der Waals surface area contributed by atoms with Crippen molar-refractivity contribution in [1.29, 1.82) is 0 Å². The summed E-state index contributed by atoms with van der Waals surface area (Å²) in [5.41, 5.74) is 1.92. The van der Waals surface area contributed by atoms with Gasteiger partial charge in [-0.05, 0) is 52.8 Å². The van der Waals surface area contributed by atoms with Crippen LogP contribution in [0.4, 0.5) is 0 Å². The summed E-state index contributed by atoms with van der Waals surface area (Å²) < 4.78 is 6.14. The molecule has 0 heterocycles. The number of halogens is 3. The van der Waals surface area contributed by atoms with Gasteiger partial charge in [0.25, 0.3) is 0 Å². The molecule has 0 spiro atoms. The van der Waals surface area contributed by atoms with Crippen molar-refractivity contribution in [2.75, 3.05) is 14.2 Å². The molecule has 2 nitrogen and oxygen atoms in total. The topological polar surface area (TPSA) is 21.3 Å². The SMILES string of the molecule is CNC(c1ccc(OC)c(Br)c1)c1c(Cl)cccc1Cl. The van der Waals surface area contributed by atoms with Crippen molar-refractivity contribution in [1.82, 2.24) is 5.32 Å². The zero-order chi connectivity index (χ0) is 14.7. The standard InChI is InChI=1S/C15H14BrCl2NO/c1-19-15(14-11(17)4-3-5-12(14)18)9-6-7-13(20-2)10(16)8-9/h3-8,15,19H,1-2H3. The quantitative estimate of drug-likeness (QED) is 0.806. The first-order chi connectivity index (χ1) is 9.58. The Labute approximate surface area is 137 Å². The molecular weight excluding hydrogens is 361 g/mol. The maximum Gasteiger partial charge on any atom is 0.133 e. The largest absolute Gasteiger partial charge is 0.496 e. The van der Waals surface area contributed by atoms with Crippen molar-refractivity contribution in [3.05, 3.63) is 62.0 Å². The fourth-order valence-electron chi connectivity index (χ4n) is 2.13. The maximum atomic E-state index is 6.29. The van der Waals surface area contributed by atoms with Crippen LogP contribution in [0, 0.1) is 0 Å². The Balaban J connectivity index is 2.50. The molecule has 2 rings (SSSR count). The van der Waals surface area contributed by atoms with Gasteiger partial charge in [0.05, 0.1) is 17.6 Å². The van der Waals surface area contributed by atoms with Crippen LogP contribution in [0.1, 0.15) is 17.2 Å². The van der Waals surface area contributed by atoms with Crippen molar-refractivity contribution < 1.29 is 4.74 Å². The van der Waals surface area contributed by atoms with Crippen LogP contribution in [0.5, 0.6) is 5.75 Å². The average Bonchev–Trinajstić information content (AvgIpc) is 2.43. The molecule has 1 N–H and O–H groups in total. The van der Waals surface area contributed by atoms with Crippen LogP contribution >= 0.6 is 39.1 Å². The van der Waals surface area contributed by atoms with Gasteiger partial charge in [-0.2, -0.15) is 0 Å². The second-order valence-electron chi connectivity index (χ2n) is 4.25. The summed E-state index contributed by atoms with van der Waals surface area (Å²) in [5.74, 6) is 0.786. The smallest absolute Gasteiger partial charge is 0.133 e. The Kier molecular flexibility index (Phi) is 5.33. The molecule has 0 aliphatic heterocycles. The van der Waals surface area contributed by atoms with Gasteiger partial charge in [0, 0.05) is 15.6 Å². The van der Waals surface area contributed by atoms with E-state index in [1.165, 1.54) is 0 Å². The van der Waals surface area contributed by atoms with E-state index in [0.717, 1.165) is 21.3 Å². The molecule has 106 valence electrons. The highest BCUT2D eigenvalue weighted by Gasteiger charge is 2.19. The minimum atomic E-state index is -0.0848. The summed E-state index contributed by atoms with van der Waals surface area (Å²) in [5, 5.41) is 4.54. The van der Waals surface area contributed by atoms with Gasteiger partial charge in [0.2, 0.25) is 0 Å². The zero-order valence-corrected chi connectivity index (χ0v) is 14.2. The van der Waals surface area contributed by atoms with Crippen LogP contribution in [-0.2, 0) is 0 Å². The molecule has 2 aromatic carbocycles. The molecule has 0 bridgehead atoms. The van der Waals surface area contributed by atoms with E-state index in [9.17, 15) is 0 Å². The highest BCUT2D eigenvalue weighted by Crippen LogP contribution is 2.36. The first-order valence-electron chi connectivity index (χ1n) is 6.03. The van der Waals surface area contributed by atoms with Crippen molar-refractivity contribution >= 4 is 39.1 Å². The molecule has 1 atom stereocenters. The fraction of sp³-hybridized carbons (Fsp3) is 0.200. The predicted molar refractivity (Wildman–Crippen MR) is 88.1 cm³/mol. The number of methoxy groups -OCH3 is 1. The van der Waals surface area contributed by atoms with Gasteiger partial charge in [-0.1, -0.05) is 35.3 Å². The molecular formula is C15H14BrCl2NO. The lowest BCUT2D eigenvalue weighted by Crippen LogP contribution is -2.18. The number of hydrogen-bond acceptors (Lipinski definition) is 2. The van der Waals surface area contributed by atoms with E-state index in [1.54, 1.807) is 7.11 Å². The minimum Gasteiger partial charge on any atom is -0.496 e. The molecule has 1 unspecified atom stereocenters. The van der Waals surface area contributed by atoms with E-state index in [-0.39, 0.29) is 6.04 Å². The van der Waals surface area contributed by atoms with Gasteiger partial charge in [-0.15, -0.1) is 0 Å². The van der Waals surface area contributed by atoms with E-state index >= 15 is 0 Å². The van der Waals surface area contributed by atoms with E-state index in [1.807, 2.05) is 43.4 Å². The molecule has 20 heavy (non-hydrogen) atoms. The van der Waals surface area contributed by atoms with Crippen molar-refractivity contribution in [3.8, 4) is 5.75 Å². The molecule has 0 saturated carbocycles. The Hall–Kier alpha value is -0.740. The minimum absolute atomic E-state index is 0.0848. The van der Waals surface area contributed by atoms with Crippen LogP contribution in [-0.4, -0.2) is 14.2 Å². The van der Waals surface area contributed by atoms with Crippen molar-refractivity contribution in [2.45, 2.75) is 6.04 Å². The predicted octanol–water partition coefficient (Wildman–Crippen LogP) is 5.07. The van der Waals surface area contributed by atoms with Gasteiger partial charge in [0.1, 0.15) is 5.75 Å². The molecule has 2 aromatic rings. The van der Waals surface area contributed by atoms with E-state index in [2.05, 4.69) is 21.2 Å². The van der Waals surface area contributed by atoms with Crippen LogP contribution in [0.3, 0.4) is 0 Å². The molecule has 0 fully saturated rings. The van der Waals surface area contributed by atoms with E-state index < -0.39 is 0 Å². The fourth-order valence-corrected chi connectivity index (χ4v) is 3.30. The number of ether oxygens (including phenoxy) is 1. The summed E-state index contributed by atoms with van der Waals surface area (Å²) >= 11 is 16.1. The lowest BCUT2D eigenvalue weighted by atomic mass is 9.98. The summed E-state index contributed by atoms with van der Waals surface area (Å²) in [7, 11) is 3.52. The van der Waals surface area contributed by atoms with Gasteiger partial charge in [0.15, 0.2) is 0 Å². The van der Waals surface area contributed by atoms with Crippen molar-refractivity contribution in [2.24, 2.45) is 0 Å². The normalized spacial score (nSPS) is 12.2. The summed E-state index contributed by atoms with van der Waals surface area (Å²) in [6.45, 7) is 0.